The van der Waals surface area contributed by atoms with Crippen LogP contribution in [0.2, 0.25) is 0 Å². The van der Waals surface area contributed by atoms with E-state index in [0.29, 0.717) is 6.42 Å². The molecule has 1 unspecified atom stereocenters. The van der Waals surface area contributed by atoms with E-state index in [1.54, 1.807) is 18.9 Å². The maximum Gasteiger partial charge on any atom is 0.222 e. The Balaban J connectivity index is 4.31. The molecule has 0 aliphatic carbocycles. The molecule has 0 radical (unpaired) electrons. The largest absolute Gasteiger partial charge is 0.336 e. The van der Waals surface area contributed by atoms with Crippen LogP contribution >= 0.6 is 0 Å². The van der Waals surface area contributed by atoms with Gasteiger partial charge in [-0.3, -0.25) is 9.59 Å². The van der Waals surface area contributed by atoms with E-state index in [1.807, 2.05) is 20.8 Å². The zero-order valence-electron chi connectivity index (χ0n) is 9.83. The van der Waals surface area contributed by atoms with Gasteiger partial charge in [0.05, 0.1) is 6.04 Å². The molecule has 0 fully saturated rings. The highest BCUT2D eigenvalue weighted by Crippen LogP contribution is 2.07. The SMILES string of the molecule is CCCC(=O)N(C)C(C)C(=O)C(C)C. The highest BCUT2D eigenvalue weighted by molar-refractivity contribution is 5.89. The van der Waals surface area contributed by atoms with E-state index < -0.39 is 0 Å². The van der Waals surface area contributed by atoms with Crippen LogP contribution in [0.4, 0.5) is 0 Å². The summed E-state index contributed by atoms with van der Waals surface area (Å²) in [7, 11) is 1.70. The molecular weight excluding hydrogens is 178 g/mol. The first-order chi connectivity index (χ1) is 6.41. The topological polar surface area (TPSA) is 37.4 Å². The van der Waals surface area contributed by atoms with E-state index in [9.17, 15) is 9.59 Å². The summed E-state index contributed by atoms with van der Waals surface area (Å²) < 4.78 is 0. The van der Waals surface area contributed by atoms with Crippen molar-refractivity contribution in [2.24, 2.45) is 5.92 Å². The number of carbonyl (C=O) groups is 2. The predicted octanol–water partition coefficient (Wildman–Crippen LogP) is 1.86. The molecule has 0 aliphatic heterocycles. The van der Waals surface area contributed by atoms with Crippen molar-refractivity contribution in [3.8, 4) is 0 Å². The third-order valence-electron chi connectivity index (χ3n) is 2.42. The third kappa shape index (κ3) is 3.48. The highest BCUT2D eigenvalue weighted by atomic mass is 16.2. The van der Waals surface area contributed by atoms with Crippen molar-refractivity contribution in [2.75, 3.05) is 7.05 Å². The van der Waals surface area contributed by atoms with E-state index in [1.165, 1.54) is 0 Å². The molecule has 3 heteroatoms. The number of Topliss-reactive ketones (excluding diaryl/α,β-unsaturated/α-hetero) is 1. The fourth-order valence-electron chi connectivity index (χ4n) is 1.28. The molecule has 1 amide bonds. The number of hydrogen-bond acceptors (Lipinski definition) is 2. The molecule has 0 aliphatic rings. The summed E-state index contributed by atoms with van der Waals surface area (Å²) in [6.45, 7) is 7.46. The van der Waals surface area contributed by atoms with E-state index in [2.05, 4.69) is 0 Å². The van der Waals surface area contributed by atoms with Crippen LogP contribution in [0.5, 0.6) is 0 Å². The lowest BCUT2D eigenvalue weighted by Crippen LogP contribution is -2.41. The Bertz CT molecular complexity index is 211. The normalized spacial score (nSPS) is 12.7. The van der Waals surface area contributed by atoms with Gasteiger partial charge in [-0.05, 0) is 13.3 Å². The molecule has 82 valence electrons. The van der Waals surface area contributed by atoms with Crippen molar-refractivity contribution in [1.29, 1.82) is 0 Å². The van der Waals surface area contributed by atoms with Crippen LogP contribution in [-0.2, 0) is 9.59 Å². The summed E-state index contributed by atoms with van der Waals surface area (Å²) in [5.74, 6) is 0.160. The maximum absolute atomic E-state index is 11.6. The van der Waals surface area contributed by atoms with Gasteiger partial charge in [0.1, 0.15) is 0 Å². The first-order valence-electron chi connectivity index (χ1n) is 5.21. The molecule has 0 spiro atoms. The van der Waals surface area contributed by atoms with Crippen LogP contribution in [0.3, 0.4) is 0 Å². The minimum Gasteiger partial charge on any atom is -0.336 e. The molecule has 0 saturated carbocycles. The van der Waals surface area contributed by atoms with E-state index in [4.69, 9.17) is 0 Å². The zero-order chi connectivity index (χ0) is 11.3. The molecule has 0 aromatic rings. The molecule has 1 atom stereocenters. The second-order valence-electron chi connectivity index (χ2n) is 3.99. The summed E-state index contributed by atoms with van der Waals surface area (Å²) in [5, 5.41) is 0. The second-order valence-corrected chi connectivity index (χ2v) is 3.99. The van der Waals surface area contributed by atoms with Crippen molar-refractivity contribution < 1.29 is 9.59 Å². The molecule has 14 heavy (non-hydrogen) atoms. The molecule has 0 aromatic heterocycles. The Morgan fingerprint density at radius 3 is 2.07 bits per heavy atom. The van der Waals surface area contributed by atoms with E-state index in [-0.39, 0.29) is 23.7 Å². The molecule has 0 aromatic carbocycles. The lowest BCUT2D eigenvalue weighted by molar-refractivity contribution is -0.138. The Morgan fingerprint density at radius 1 is 1.21 bits per heavy atom. The summed E-state index contributed by atoms with van der Waals surface area (Å²) in [5.41, 5.74) is 0. The number of nitrogens with zero attached hydrogens (tertiary/aromatic N) is 1. The smallest absolute Gasteiger partial charge is 0.222 e. The summed E-state index contributed by atoms with van der Waals surface area (Å²) in [6, 6.07) is -0.297. The van der Waals surface area contributed by atoms with Crippen molar-refractivity contribution in [3.05, 3.63) is 0 Å². The maximum atomic E-state index is 11.6. The van der Waals surface area contributed by atoms with Gasteiger partial charge < -0.3 is 4.90 Å². The van der Waals surface area contributed by atoms with E-state index in [0.717, 1.165) is 6.42 Å². The number of rotatable bonds is 5. The van der Waals surface area contributed by atoms with E-state index >= 15 is 0 Å². The number of amides is 1. The Hall–Kier alpha value is -0.860. The zero-order valence-corrected chi connectivity index (χ0v) is 9.83. The fourth-order valence-corrected chi connectivity index (χ4v) is 1.28. The van der Waals surface area contributed by atoms with Crippen molar-refractivity contribution in [1.82, 2.24) is 4.90 Å². The summed E-state index contributed by atoms with van der Waals surface area (Å²) >= 11 is 0. The summed E-state index contributed by atoms with van der Waals surface area (Å²) in [6.07, 6.45) is 1.35. The van der Waals surface area contributed by atoms with Gasteiger partial charge in [-0.2, -0.15) is 0 Å². The minimum atomic E-state index is -0.297. The van der Waals surface area contributed by atoms with Gasteiger partial charge in [0.25, 0.3) is 0 Å². The molecule has 0 bridgehead atoms. The fraction of sp³-hybridized carbons (Fsp3) is 0.818. The van der Waals surface area contributed by atoms with Crippen LogP contribution in [0.25, 0.3) is 0 Å². The van der Waals surface area contributed by atoms with Crippen LogP contribution in [0.15, 0.2) is 0 Å². The van der Waals surface area contributed by atoms with Crippen LogP contribution in [0, 0.1) is 5.92 Å². The Morgan fingerprint density at radius 2 is 1.71 bits per heavy atom. The van der Waals surface area contributed by atoms with Crippen molar-refractivity contribution in [3.63, 3.8) is 0 Å². The number of ketones is 1. The molecule has 0 heterocycles. The molecule has 0 N–H and O–H groups in total. The number of likely N-dealkylation sites (N-methyl/N-ethyl adjacent to an activating group) is 1. The molecule has 0 rings (SSSR count). The third-order valence-corrected chi connectivity index (χ3v) is 2.42. The molecule has 3 nitrogen and oxygen atoms in total. The standard InChI is InChI=1S/C11H21NO2/c1-6-7-10(13)12(5)9(4)11(14)8(2)3/h8-9H,6-7H2,1-5H3. The Kier molecular flexibility index (Phi) is 5.43. The first kappa shape index (κ1) is 13.1. The van der Waals surface area contributed by atoms with Gasteiger partial charge in [0.2, 0.25) is 5.91 Å². The lowest BCUT2D eigenvalue weighted by atomic mass is 10.0. The molecular formula is C11H21NO2. The number of carbonyl (C=O) groups excluding carboxylic acids is 2. The van der Waals surface area contributed by atoms with Gasteiger partial charge >= 0.3 is 0 Å². The van der Waals surface area contributed by atoms with Crippen LogP contribution in [0.1, 0.15) is 40.5 Å². The average Bonchev–Trinajstić information content (AvgIpc) is 2.14. The first-order valence-corrected chi connectivity index (χ1v) is 5.21. The van der Waals surface area contributed by atoms with Gasteiger partial charge in [0.15, 0.2) is 5.78 Å². The Labute approximate surface area is 86.5 Å². The van der Waals surface area contributed by atoms with Crippen molar-refractivity contribution >= 4 is 11.7 Å². The average molecular weight is 199 g/mol. The van der Waals surface area contributed by atoms with Gasteiger partial charge in [-0.25, -0.2) is 0 Å². The highest BCUT2D eigenvalue weighted by Gasteiger charge is 2.23. The predicted molar refractivity (Wildman–Crippen MR) is 57.0 cm³/mol. The molecule has 0 saturated heterocycles. The second kappa shape index (κ2) is 5.78. The van der Waals surface area contributed by atoms with Gasteiger partial charge in [0, 0.05) is 19.4 Å². The van der Waals surface area contributed by atoms with Gasteiger partial charge in [-0.15, -0.1) is 0 Å². The number of hydrogen-bond donors (Lipinski definition) is 0. The summed E-state index contributed by atoms with van der Waals surface area (Å²) in [4.78, 5) is 24.6. The monoisotopic (exact) mass is 199 g/mol. The minimum absolute atomic E-state index is 0.0122. The van der Waals surface area contributed by atoms with Crippen molar-refractivity contribution in [2.45, 2.75) is 46.6 Å². The lowest BCUT2D eigenvalue weighted by Gasteiger charge is -2.25. The van der Waals surface area contributed by atoms with Gasteiger partial charge in [-0.1, -0.05) is 20.8 Å². The quantitative estimate of drug-likeness (QED) is 0.677. The van der Waals surface area contributed by atoms with Crippen LogP contribution in [-0.4, -0.2) is 29.7 Å². The van der Waals surface area contributed by atoms with Crippen LogP contribution < -0.4 is 0 Å².